The van der Waals surface area contributed by atoms with Crippen molar-refractivity contribution in [2.24, 2.45) is 5.92 Å². The van der Waals surface area contributed by atoms with Crippen LogP contribution in [0.2, 0.25) is 0 Å². The van der Waals surface area contributed by atoms with Crippen molar-refractivity contribution in [2.45, 2.75) is 27.7 Å². The topological polar surface area (TPSA) is 90.7 Å². The van der Waals surface area contributed by atoms with Crippen LogP contribution < -0.4 is 10.6 Å². The lowest BCUT2D eigenvalue weighted by atomic mass is 10.1. The SMILES string of the molecule is Cc1nnc(NCC(=O)NCC(C)C)c(C#N)c1C. The molecular weight excluding hydrogens is 242 g/mol. The van der Waals surface area contributed by atoms with Gasteiger partial charge in [-0.15, -0.1) is 5.10 Å². The second-order valence-electron chi connectivity index (χ2n) is 4.80. The summed E-state index contributed by atoms with van der Waals surface area (Å²) in [4.78, 5) is 11.6. The Bertz CT molecular complexity index is 504. The average molecular weight is 261 g/mol. The number of carbonyl (C=O) groups is 1. The van der Waals surface area contributed by atoms with E-state index in [1.54, 1.807) is 6.92 Å². The Morgan fingerprint density at radius 3 is 2.63 bits per heavy atom. The third kappa shape index (κ3) is 4.21. The highest BCUT2D eigenvalue weighted by molar-refractivity contribution is 5.80. The van der Waals surface area contributed by atoms with Crippen LogP contribution >= 0.6 is 0 Å². The molecule has 0 aliphatic carbocycles. The van der Waals surface area contributed by atoms with Crippen molar-refractivity contribution in [3.05, 3.63) is 16.8 Å². The molecule has 1 amide bonds. The van der Waals surface area contributed by atoms with Crippen LogP contribution in [-0.4, -0.2) is 29.2 Å². The van der Waals surface area contributed by atoms with Gasteiger partial charge in [0.1, 0.15) is 11.6 Å². The molecule has 0 aliphatic heterocycles. The van der Waals surface area contributed by atoms with Crippen LogP contribution in [0, 0.1) is 31.1 Å². The lowest BCUT2D eigenvalue weighted by molar-refractivity contribution is -0.119. The first-order chi connectivity index (χ1) is 8.95. The van der Waals surface area contributed by atoms with Crippen LogP contribution in [0.15, 0.2) is 0 Å². The van der Waals surface area contributed by atoms with E-state index in [2.05, 4.69) is 26.9 Å². The van der Waals surface area contributed by atoms with Gasteiger partial charge in [-0.1, -0.05) is 13.8 Å². The number of hydrogen-bond donors (Lipinski definition) is 2. The van der Waals surface area contributed by atoms with Crippen molar-refractivity contribution in [3.63, 3.8) is 0 Å². The molecule has 102 valence electrons. The minimum atomic E-state index is -0.127. The molecule has 1 aromatic rings. The molecule has 6 heteroatoms. The number of nitrogens with one attached hydrogen (secondary N) is 2. The average Bonchev–Trinajstić information content (AvgIpc) is 2.37. The molecule has 0 spiro atoms. The summed E-state index contributed by atoms with van der Waals surface area (Å²) < 4.78 is 0. The number of carbonyl (C=O) groups excluding carboxylic acids is 1. The fourth-order valence-corrected chi connectivity index (χ4v) is 1.41. The Balaban J connectivity index is 2.66. The molecule has 0 fully saturated rings. The molecule has 0 saturated carbocycles. The maximum Gasteiger partial charge on any atom is 0.239 e. The number of anilines is 1. The van der Waals surface area contributed by atoms with E-state index in [9.17, 15) is 4.79 Å². The zero-order chi connectivity index (χ0) is 14.4. The maximum atomic E-state index is 11.6. The lowest BCUT2D eigenvalue weighted by Gasteiger charge is -2.10. The Morgan fingerprint density at radius 2 is 2.05 bits per heavy atom. The van der Waals surface area contributed by atoms with Crippen LogP contribution in [0.3, 0.4) is 0 Å². The Hall–Kier alpha value is -2.16. The molecule has 2 N–H and O–H groups in total. The van der Waals surface area contributed by atoms with E-state index >= 15 is 0 Å². The number of nitriles is 1. The van der Waals surface area contributed by atoms with Crippen molar-refractivity contribution in [3.8, 4) is 6.07 Å². The fourth-order valence-electron chi connectivity index (χ4n) is 1.41. The molecule has 0 aromatic carbocycles. The fraction of sp³-hybridized carbons (Fsp3) is 0.538. The van der Waals surface area contributed by atoms with Crippen molar-refractivity contribution >= 4 is 11.7 Å². The van der Waals surface area contributed by atoms with Gasteiger partial charge >= 0.3 is 0 Å². The number of nitrogens with zero attached hydrogens (tertiary/aromatic N) is 3. The van der Waals surface area contributed by atoms with Gasteiger partial charge in [0, 0.05) is 6.54 Å². The van der Waals surface area contributed by atoms with E-state index in [4.69, 9.17) is 5.26 Å². The third-order valence-corrected chi connectivity index (χ3v) is 2.69. The van der Waals surface area contributed by atoms with Gasteiger partial charge < -0.3 is 10.6 Å². The summed E-state index contributed by atoms with van der Waals surface area (Å²) in [6.45, 7) is 8.37. The largest absolute Gasteiger partial charge is 0.358 e. The molecule has 6 nitrogen and oxygen atoms in total. The highest BCUT2D eigenvalue weighted by atomic mass is 16.1. The van der Waals surface area contributed by atoms with Gasteiger partial charge in [-0.05, 0) is 25.3 Å². The van der Waals surface area contributed by atoms with Crippen molar-refractivity contribution in [1.29, 1.82) is 5.26 Å². The Morgan fingerprint density at radius 1 is 1.37 bits per heavy atom. The van der Waals surface area contributed by atoms with E-state index in [1.807, 2.05) is 20.8 Å². The van der Waals surface area contributed by atoms with Gasteiger partial charge in [-0.3, -0.25) is 4.79 Å². The molecule has 0 radical (unpaired) electrons. The lowest BCUT2D eigenvalue weighted by Crippen LogP contribution is -2.32. The molecule has 0 saturated heterocycles. The minimum absolute atomic E-state index is 0.0819. The van der Waals surface area contributed by atoms with Crippen molar-refractivity contribution in [2.75, 3.05) is 18.4 Å². The summed E-state index contributed by atoms with van der Waals surface area (Å²) in [6, 6.07) is 2.08. The van der Waals surface area contributed by atoms with E-state index in [0.717, 1.165) is 5.56 Å². The smallest absolute Gasteiger partial charge is 0.239 e. The van der Waals surface area contributed by atoms with Gasteiger partial charge in [0.2, 0.25) is 5.91 Å². The highest BCUT2D eigenvalue weighted by Crippen LogP contribution is 2.16. The second kappa shape index (κ2) is 6.69. The molecule has 0 bridgehead atoms. The highest BCUT2D eigenvalue weighted by Gasteiger charge is 2.11. The van der Waals surface area contributed by atoms with Gasteiger partial charge in [-0.25, -0.2) is 0 Å². The zero-order valence-electron chi connectivity index (χ0n) is 11.7. The predicted octanol–water partition coefficient (Wildman–Crippen LogP) is 1.15. The maximum absolute atomic E-state index is 11.6. The molecule has 0 unspecified atom stereocenters. The Kier molecular flexibility index (Phi) is 5.24. The quantitative estimate of drug-likeness (QED) is 0.829. The van der Waals surface area contributed by atoms with E-state index in [1.165, 1.54) is 0 Å². The summed E-state index contributed by atoms with van der Waals surface area (Å²) in [6.07, 6.45) is 0. The summed E-state index contributed by atoms with van der Waals surface area (Å²) >= 11 is 0. The molecule has 1 heterocycles. The van der Waals surface area contributed by atoms with Crippen molar-refractivity contribution in [1.82, 2.24) is 15.5 Å². The number of aryl methyl sites for hydroxylation is 1. The molecule has 0 aliphatic rings. The van der Waals surface area contributed by atoms with Crippen LogP contribution in [0.25, 0.3) is 0 Å². The molecule has 19 heavy (non-hydrogen) atoms. The van der Waals surface area contributed by atoms with Crippen LogP contribution in [0.5, 0.6) is 0 Å². The van der Waals surface area contributed by atoms with Gasteiger partial charge in [0.05, 0.1) is 12.2 Å². The minimum Gasteiger partial charge on any atom is -0.358 e. The molecule has 0 atom stereocenters. The van der Waals surface area contributed by atoms with E-state index in [-0.39, 0.29) is 12.5 Å². The first-order valence-electron chi connectivity index (χ1n) is 6.20. The van der Waals surface area contributed by atoms with Crippen molar-refractivity contribution < 1.29 is 4.79 Å². The summed E-state index contributed by atoms with van der Waals surface area (Å²) in [5, 5.41) is 22.6. The third-order valence-electron chi connectivity index (χ3n) is 2.69. The summed E-state index contributed by atoms with van der Waals surface area (Å²) in [5.41, 5.74) is 1.93. The molecule has 1 aromatic heterocycles. The van der Waals surface area contributed by atoms with Crippen LogP contribution in [0.4, 0.5) is 5.82 Å². The first kappa shape index (κ1) is 14.9. The number of hydrogen-bond acceptors (Lipinski definition) is 5. The van der Waals surface area contributed by atoms with E-state index < -0.39 is 0 Å². The summed E-state index contributed by atoms with van der Waals surface area (Å²) in [7, 11) is 0. The monoisotopic (exact) mass is 261 g/mol. The Labute approximate surface area is 113 Å². The second-order valence-corrected chi connectivity index (χ2v) is 4.80. The normalized spacial score (nSPS) is 10.1. The van der Waals surface area contributed by atoms with Gasteiger partial charge in [0.15, 0.2) is 5.82 Å². The van der Waals surface area contributed by atoms with Gasteiger partial charge in [-0.2, -0.15) is 10.4 Å². The van der Waals surface area contributed by atoms with E-state index in [0.29, 0.717) is 29.5 Å². The summed E-state index contributed by atoms with van der Waals surface area (Å²) in [5.74, 6) is 0.628. The van der Waals surface area contributed by atoms with Gasteiger partial charge in [0.25, 0.3) is 0 Å². The zero-order valence-corrected chi connectivity index (χ0v) is 11.7. The number of aromatic nitrogens is 2. The molecule has 1 rings (SSSR count). The molecular formula is C13H19N5O. The number of amides is 1. The number of rotatable bonds is 5. The predicted molar refractivity (Wildman–Crippen MR) is 72.6 cm³/mol. The van der Waals surface area contributed by atoms with Crippen LogP contribution in [-0.2, 0) is 4.79 Å². The first-order valence-corrected chi connectivity index (χ1v) is 6.20. The van der Waals surface area contributed by atoms with Crippen LogP contribution in [0.1, 0.15) is 30.7 Å². The standard InChI is InChI=1S/C13H19N5O/c1-8(2)6-15-12(19)7-16-13-11(5-14)9(3)10(4)17-18-13/h8H,6-7H2,1-4H3,(H,15,19)(H,16,18).